The smallest absolute Gasteiger partial charge is 0.260 e. The zero-order chi connectivity index (χ0) is 17.0. The molecule has 2 saturated carbocycles. The third kappa shape index (κ3) is 2.69. The molecule has 1 aromatic rings. The molecule has 136 valence electrons. The number of imidazole rings is 1. The van der Waals surface area contributed by atoms with Crippen molar-refractivity contribution >= 4 is 5.91 Å². The van der Waals surface area contributed by atoms with E-state index < -0.39 is 5.67 Å². The number of aromatic nitrogens is 2. The topological polar surface area (TPSA) is 41.4 Å². The quantitative estimate of drug-likeness (QED) is 0.843. The third-order valence-electron chi connectivity index (χ3n) is 6.71. The van der Waals surface area contributed by atoms with Gasteiger partial charge in [-0.3, -0.25) is 9.69 Å². The Morgan fingerprint density at radius 3 is 2.80 bits per heavy atom. The number of hydrogen-bond donors (Lipinski definition) is 0. The normalized spacial score (nSPS) is 28.7. The first kappa shape index (κ1) is 15.8. The SMILES string of the molecule is O=C(N1CCN2CCc3c(ncn3CC3CCCC3)C2C1)C1(F)CC1. The van der Waals surface area contributed by atoms with Gasteiger partial charge in [-0.25, -0.2) is 9.37 Å². The minimum atomic E-state index is -1.55. The number of piperazine rings is 1. The molecule has 1 aromatic heterocycles. The lowest BCUT2D eigenvalue weighted by Crippen LogP contribution is -2.54. The summed E-state index contributed by atoms with van der Waals surface area (Å²) >= 11 is 0. The number of alkyl halides is 1. The van der Waals surface area contributed by atoms with Crippen LogP contribution in [0.3, 0.4) is 0 Å². The Bertz CT molecular complexity index is 677. The largest absolute Gasteiger partial charge is 0.337 e. The van der Waals surface area contributed by atoms with E-state index in [1.807, 2.05) is 6.33 Å². The average molecular weight is 346 g/mol. The predicted molar refractivity (Wildman–Crippen MR) is 91.9 cm³/mol. The van der Waals surface area contributed by atoms with Gasteiger partial charge < -0.3 is 9.47 Å². The van der Waals surface area contributed by atoms with Crippen molar-refractivity contribution in [3.63, 3.8) is 0 Å². The first-order valence-electron chi connectivity index (χ1n) is 9.90. The Morgan fingerprint density at radius 2 is 2.04 bits per heavy atom. The molecule has 1 amide bonds. The Labute approximate surface area is 148 Å². The lowest BCUT2D eigenvalue weighted by Gasteiger charge is -2.43. The van der Waals surface area contributed by atoms with Gasteiger partial charge in [0.15, 0.2) is 5.67 Å². The van der Waals surface area contributed by atoms with Crippen molar-refractivity contribution < 1.29 is 9.18 Å². The molecule has 5 rings (SSSR count). The fourth-order valence-corrected chi connectivity index (χ4v) is 4.99. The molecule has 5 nitrogen and oxygen atoms in total. The average Bonchev–Trinajstić information content (AvgIpc) is 3.03. The summed E-state index contributed by atoms with van der Waals surface area (Å²) in [7, 11) is 0. The van der Waals surface area contributed by atoms with E-state index in [1.54, 1.807) is 4.90 Å². The summed E-state index contributed by atoms with van der Waals surface area (Å²) in [5.74, 6) is 0.506. The van der Waals surface area contributed by atoms with Crippen molar-refractivity contribution in [1.29, 1.82) is 0 Å². The van der Waals surface area contributed by atoms with Crippen molar-refractivity contribution in [3.8, 4) is 0 Å². The van der Waals surface area contributed by atoms with Gasteiger partial charge in [0.1, 0.15) is 0 Å². The number of rotatable bonds is 3. The second kappa shape index (κ2) is 5.79. The summed E-state index contributed by atoms with van der Waals surface area (Å²) in [5.41, 5.74) is 0.927. The summed E-state index contributed by atoms with van der Waals surface area (Å²) in [5, 5.41) is 0. The molecule has 0 bridgehead atoms. The van der Waals surface area contributed by atoms with Gasteiger partial charge in [0.2, 0.25) is 0 Å². The molecule has 2 aliphatic heterocycles. The standard InChI is InChI=1S/C19H27FN4O/c20-19(6-7-19)18(25)23-10-9-22-8-5-15-17(16(22)12-23)21-13-24(15)11-14-3-1-2-4-14/h13-14,16H,1-12H2. The third-order valence-corrected chi connectivity index (χ3v) is 6.71. The van der Waals surface area contributed by atoms with Gasteiger partial charge in [0.05, 0.1) is 18.1 Å². The van der Waals surface area contributed by atoms with E-state index in [2.05, 4.69) is 9.47 Å². The van der Waals surface area contributed by atoms with Gasteiger partial charge in [-0.2, -0.15) is 0 Å². The van der Waals surface area contributed by atoms with Gasteiger partial charge in [-0.05, 0) is 31.6 Å². The molecular weight excluding hydrogens is 319 g/mol. The lowest BCUT2D eigenvalue weighted by molar-refractivity contribution is -0.141. The highest BCUT2D eigenvalue weighted by Gasteiger charge is 2.53. The Hall–Kier alpha value is -1.43. The summed E-state index contributed by atoms with van der Waals surface area (Å²) < 4.78 is 16.6. The predicted octanol–water partition coefficient (Wildman–Crippen LogP) is 2.32. The fourth-order valence-electron chi connectivity index (χ4n) is 4.99. The van der Waals surface area contributed by atoms with Crippen LogP contribution < -0.4 is 0 Å². The fraction of sp³-hybridized carbons (Fsp3) is 0.789. The van der Waals surface area contributed by atoms with E-state index in [9.17, 15) is 9.18 Å². The highest BCUT2D eigenvalue weighted by atomic mass is 19.1. The second-order valence-electron chi connectivity index (χ2n) is 8.40. The molecule has 1 saturated heterocycles. The monoisotopic (exact) mass is 346 g/mol. The van der Waals surface area contributed by atoms with E-state index in [-0.39, 0.29) is 11.9 Å². The molecule has 0 aromatic carbocycles. The highest BCUT2D eigenvalue weighted by Crippen LogP contribution is 2.43. The van der Waals surface area contributed by atoms with Crippen LogP contribution in [-0.2, 0) is 17.8 Å². The van der Waals surface area contributed by atoms with E-state index in [0.717, 1.165) is 37.7 Å². The van der Waals surface area contributed by atoms with Gasteiger partial charge in [-0.15, -0.1) is 0 Å². The molecule has 1 unspecified atom stereocenters. The number of nitrogens with zero attached hydrogens (tertiary/aromatic N) is 4. The molecule has 2 aliphatic carbocycles. The molecule has 25 heavy (non-hydrogen) atoms. The minimum Gasteiger partial charge on any atom is -0.337 e. The van der Waals surface area contributed by atoms with Crippen molar-refractivity contribution in [2.24, 2.45) is 5.92 Å². The number of fused-ring (bicyclic) bond motifs is 3. The van der Waals surface area contributed by atoms with Crippen LogP contribution >= 0.6 is 0 Å². The van der Waals surface area contributed by atoms with Crippen LogP contribution in [0.2, 0.25) is 0 Å². The molecule has 1 atom stereocenters. The first-order chi connectivity index (χ1) is 12.1. The molecular formula is C19H27FN4O. The van der Waals surface area contributed by atoms with Gasteiger partial charge in [0, 0.05) is 44.8 Å². The molecule has 4 aliphatic rings. The van der Waals surface area contributed by atoms with E-state index in [4.69, 9.17) is 4.98 Å². The van der Waals surface area contributed by atoms with Crippen LogP contribution in [-0.4, -0.2) is 57.1 Å². The molecule has 6 heteroatoms. The van der Waals surface area contributed by atoms with Crippen molar-refractivity contribution in [2.45, 2.75) is 63.2 Å². The first-order valence-corrected chi connectivity index (χ1v) is 9.90. The van der Waals surface area contributed by atoms with Crippen LogP contribution in [0.5, 0.6) is 0 Å². The van der Waals surface area contributed by atoms with Crippen LogP contribution in [0.25, 0.3) is 0 Å². The number of carbonyl (C=O) groups excluding carboxylic acids is 1. The zero-order valence-corrected chi connectivity index (χ0v) is 14.8. The maximum Gasteiger partial charge on any atom is 0.260 e. The molecule has 0 radical (unpaired) electrons. The van der Waals surface area contributed by atoms with Crippen LogP contribution in [0, 0.1) is 5.92 Å². The summed E-state index contributed by atoms with van der Waals surface area (Å²) in [6, 6.07) is 0.147. The molecule has 3 fully saturated rings. The van der Waals surface area contributed by atoms with Gasteiger partial charge >= 0.3 is 0 Å². The van der Waals surface area contributed by atoms with Gasteiger partial charge in [-0.1, -0.05) is 12.8 Å². The lowest BCUT2D eigenvalue weighted by atomic mass is 9.99. The van der Waals surface area contributed by atoms with E-state index in [1.165, 1.54) is 31.4 Å². The number of carbonyl (C=O) groups is 1. The number of halogens is 1. The summed E-state index contributed by atoms with van der Waals surface area (Å²) in [6.07, 6.45) is 9.24. The van der Waals surface area contributed by atoms with E-state index in [0.29, 0.717) is 25.9 Å². The highest BCUT2D eigenvalue weighted by molar-refractivity contribution is 5.88. The maximum absolute atomic E-state index is 14.2. The summed E-state index contributed by atoms with van der Waals surface area (Å²) in [6.45, 7) is 4.20. The Kier molecular flexibility index (Phi) is 3.66. The molecule has 3 heterocycles. The molecule has 0 spiro atoms. The van der Waals surface area contributed by atoms with Crippen LogP contribution in [0.15, 0.2) is 6.33 Å². The number of amides is 1. The second-order valence-corrected chi connectivity index (χ2v) is 8.40. The zero-order valence-electron chi connectivity index (χ0n) is 14.8. The Balaban J connectivity index is 1.35. The van der Waals surface area contributed by atoms with Crippen LogP contribution in [0.1, 0.15) is 56.0 Å². The van der Waals surface area contributed by atoms with Crippen molar-refractivity contribution in [3.05, 3.63) is 17.7 Å². The maximum atomic E-state index is 14.2. The molecule has 0 N–H and O–H groups in total. The number of hydrogen-bond acceptors (Lipinski definition) is 3. The summed E-state index contributed by atoms with van der Waals surface area (Å²) in [4.78, 5) is 21.3. The van der Waals surface area contributed by atoms with Crippen molar-refractivity contribution in [1.82, 2.24) is 19.4 Å². The van der Waals surface area contributed by atoms with E-state index >= 15 is 0 Å². The minimum absolute atomic E-state index is 0.147. The van der Waals surface area contributed by atoms with Crippen LogP contribution in [0.4, 0.5) is 4.39 Å². The van der Waals surface area contributed by atoms with Crippen molar-refractivity contribution in [2.75, 3.05) is 26.2 Å². The Morgan fingerprint density at radius 1 is 1.24 bits per heavy atom. The van der Waals surface area contributed by atoms with Gasteiger partial charge in [0.25, 0.3) is 5.91 Å².